The average molecular weight is 360 g/mol. The third kappa shape index (κ3) is 6.98. The number of halogens is 1. The molecule has 2 aromatic carbocycles. The number of Topliss-reactive ketones (excluding diaryl/α,β-unsaturated/α-hetero) is 1. The van der Waals surface area contributed by atoms with Gasteiger partial charge in [0.15, 0.2) is 5.78 Å². The molecule has 0 spiro atoms. The van der Waals surface area contributed by atoms with E-state index in [1.165, 1.54) is 6.92 Å². The van der Waals surface area contributed by atoms with Gasteiger partial charge in [0.1, 0.15) is 5.75 Å². The minimum Gasteiger partial charge on any atom is -0.494 e. The number of nitrogens with one attached hydrogen (secondary N) is 1. The lowest BCUT2D eigenvalue weighted by Gasteiger charge is -2.08. The number of hydrogen-bond acceptors (Lipinski definition) is 3. The van der Waals surface area contributed by atoms with Crippen molar-refractivity contribution in [2.24, 2.45) is 0 Å². The zero-order valence-corrected chi connectivity index (χ0v) is 15.0. The van der Waals surface area contributed by atoms with Crippen LogP contribution in [-0.4, -0.2) is 24.8 Å². The fourth-order valence-electron chi connectivity index (χ4n) is 2.34. The van der Waals surface area contributed by atoms with E-state index in [2.05, 4.69) is 5.32 Å². The van der Waals surface area contributed by atoms with E-state index < -0.39 is 0 Å². The molecular formula is C20H22ClNO3. The van der Waals surface area contributed by atoms with Gasteiger partial charge in [0.25, 0.3) is 0 Å². The van der Waals surface area contributed by atoms with Gasteiger partial charge in [-0.3, -0.25) is 9.59 Å². The lowest BCUT2D eigenvalue weighted by molar-refractivity contribution is -0.121. The number of ketones is 1. The van der Waals surface area contributed by atoms with Crippen molar-refractivity contribution in [3.8, 4) is 5.75 Å². The Bertz CT molecular complexity index is 713. The fraction of sp³-hybridized carbons (Fsp3) is 0.300. The molecule has 1 N–H and O–H groups in total. The molecule has 0 radical (unpaired) electrons. The smallest absolute Gasteiger partial charge is 0.220 e. The summed E-state index contributed by atoms with van der Waals surface area (Å²) >= 11 is 5.93. The standard InChI is InChI=1S/C20H22ClNO3/c1-15(23)17-7-9-19(10-8-17)25-13-3-6-20(24)22-12-11-16-4-2-5-18(21)14-16/h2,4-5,7-10,14H,3,6,11-13H2,1H3,(H,22,24). The highest BCUT2D eigenvalue weighted by atomic mass is 35.5. The van der Waals surface area contributed by atoms with Crippen molar-refractivity contribution in [1.29, 1.82) is 0 Å². The summed E-state index contributed by atoms with van der Waals surface area (Å²) in [6.45, 7) is 2.58. The molecule has 5 heteroatoms. The molecule has 0 bridgehead atoms. The molecule has 0 aliphatic rings. The van der Waals surface area contributed by atoms with Crippen molar-refractivity contribution >= 4 is 23.3 Å². The van der Waals surface area contributed by atoms with Crippen LogP contribution in [0.3, 0.4) is 0 Å². The van der Waals surface area contributed by atoms with E-state index in [-0.39, 0.29) is 11.7 Å². The topological polar surface area (TPSA) is 55.4 Å². The van der Waals surface area contributed by atoms with Crippen molar-refractivity contribution in [1.82, 2.24) is 5.32 Å². The van der Waals surface area contributed by atoms with E-state index in [0.717, 1.165) is 12.0 Å². The van der Waals surface area contributed by atoms with Crippen LogP contribution in [0, 0.1) is 0 Å². The zero-order valence-electron chi connectivity index (χ0n) is 14.3. The highest BCUT2D eigenvalue weighted by molar-refractivity contribution is 6.30. The summed E-state index contributed by atoms with van der Waals surface area (Å²) in [6, 6.07) is 14.6. The van der Waals surface area contributed by atoms with E-state index in [0.29, 0.717) is 42.3 Å². The summed E-state index contributed by atoms with van der Waals surface area (Å²) in [5.41, 5.74) is 1.76. The van der Waals surface area contributed by atoms with Crippen LogP contribution in [0.2, 0.25) is 5.02 Å². The average Bonchev–Trinajstić information content (AvgIpc) is 2.59. The van der Waals surface area contributed by atoms with Crippen LogP contribution < -0.4 is 10.1 Å². The summed E-state index contributed by atoms with van der Waals surface area (Å²) in [4.78, 5) is 23.0. The number of ether oxygens (including phenoxy) is 1. The Kier molecular flexibility index (Phi) is 7.48. The van der Waals surface area contributed by atoms with Gasteiger partial charge >= 0.3 is 0 Å². The van der Waals surface area contributed by atoms with E-state index >= 15 is 0 Å². The lowest BCUT2D eigenvalue weighted by Crippen LogP contribution is -2.25. The Morgan fingerprint density at radius 3 is 2.56 bits per heavy atom. The van der Waals surface area contributed by atoms with Crippen molar-refractivity contribution < 1.29 is 14.3 Å². The molecule has 0 aromatic heterocycles. The molecule has 25 heavy (non-hydrogen) atoms. The summed E-state index contributed by atoms with van der Waals surface area (Å²) < 4.78 is 5.57. The Balaban J connectivity index is 1.59. The van der Waals surface area contributed by atoms with Crippen molar-refractivity contribution in [3.05, 3.63) is 64.7 Å². The SMILES string of the molecule is CC(=O)c1ccc(OCCCC(=O)NCCc2cccc(Cl)c2)cc1. The van der Waals surface area contributed by atoms with Crippen LogP contribution in [0.5, 0.6) is 5.75 Å². The maximum Gasteiger partial charge on any atom is 0.220 e. The number of benzene rings is 2. The largest absolute Gasteiger partial charge is 0.494 e. The van der Waals surface area contributed by atoms with Crippen LogP contribution in [-0.2, 0) is 11.2 Å². The monoisotopic (exact) mass is 359 g/mol. The number of amides is 1. The van der Waals surface area contributed by atoms with E-state index in [1.807, 2.05) is 24.3 Å². The molecule has 0 atom stereocenters. The van der Waals surface area contributed by atoms with Gasteiger partial charge in [0, 0.05) is 23.6 Å². The van der Waals surface area contributed by atoms with Crippen molar-refractivity contribution in [3.63, 3.8) is 0 Å². The lowest BCUT2D eigenvalue weighted by atomic mass is 10.1. The van der Waals surface area contributed by atoms with E-state index in [9.17, 15) is 9.59 Å². The van der Waals surface area contributed by atoms with Gasteiger partial charge in [-0.05, 0) is 61.7 Å². The molecule has 4 nitrogen and oxygen atoms in total. The minimum absolute atomic E-state index is 0.0116. The van der Waals surface area contributed by atoms with Crippen LogP contribution >= 0.6 is 11.6 Å². The van der Waals surface area contributed by atoms with Gasteiger partial charge < -0.3 is 10.1 Å². The summed E-state index contributed by atoms with van der Waals surface area (Å²) in [6.07, 6.45) is 1.81. The normalized spacial score (nSPS) is 10.3. The number of carbonyl (C=O) groups is 2. The van der Waals surface area contributed by atoms with Crippen LogP contribution in [0.4, 0.5) is 0 Å². The first-order valence-corrected chi connectivity index (χ1v) is 8.67. The maximum absolute atomic E-state index is 11.8. The van der Waals surface area contributed by atoms with E-state index in [4.69, 9.17) is 16.3 Å². The second-order valence-corrected chi connectivity index (χ2v) is 6.20. The predicted octanol–water partition coefficient (Wildman–Crippen LogP) is 4.06. The van der Waals surface area contributed by atoms with Crippen molar-refractivity contribution in [2.75, 3.05) is 13.2 Å². The Labute approximate surface area is 153 Å². The molecule has 0 aliphatic carbocycles. The van der Waals surface area contributed by atoms with Crippen LogP contribution in [0.25, 0.3) is 0 Å². The fourth-order valence-corrected chi connectivity index (χ4v) is 2.55. The van der Waals surface area contributed by atoms with Gasteiger partial charge in [0.05, 0.1) is 6.61 Å². The highest BCUT2D eigenvalue weighted by Gasteiger charge is 2.03. The van der Waals surface area contributed by atoms with Gasteiger partial charge in [-0.1, -0.05) is 23.7 Å². The molecule has 2 rings (SSSR count). The molecule has 0 unspecified atom stereocenters. The first-order valence-electron chi connectivity index (χ1n) is 8.29. The molecule has 0 fully saturated rings. The quantitative estimate of drug-likeness (QED) is 0.542. The number of hydrogen-bond donors (Lipinski definition) is 1. The summed E-state index contributed by atoms with van der Waals surface area (Å²) in [5.74, 6) is 0.741. The molecule has 0 saturated heterocycles. The third-order valence-corrected chi connectivity index (χ3v) is 3.94. The predicted molar refractivity (Wildman–Crippen MR) is 99.3 cm³/mol. The highest BCUT2D eigenvalue weighted by Crippen LogP contribution is 2.13. The van der Waals surface area contributed by atoms with Gasteiger partial charge in [-0.15, -0.1) is 0 Å². The summed E-state index contributed by atoms with van der Waals surface area (Å²) in [5, 5.41) is 3.60. The van der Waals surface area contributed by atoms with Crippen LogP contribution in [0.1, 0.15) is 35.7 Å². The zero-order chi connectivity index (χ0) is 18.1. The second kappa shape index (κ2) is 9.84. The Hall–Kier alpha value is -2.33. The van der Waals surface area contributed by atoms with Gasteiger partial charge in [0.2, 0.25) is 5.91 Å². The second-order valence-electron chi connectivity index (χ2n) is 5.76. The minimum atomic E-state index is 0.0116. The first kappa shape index (κ1) is 19.0. The van der Waals surface area contributed by atoms with Crippen molar-refractivity contribution in [2.45, 2.75) is 26.2 Å². The Morgan fingerprint density at radius 1 is 1.12 bits per heavy atom. The Morgan fingerprint density at radius 2 is 1.88 bits per heavy atom. The molecular weight excluding hydrogens is 338 g/mol. The number of rotatable bonds is 9. The molecule has 0 saturated carbocycles. The molecule has 132 valence electrons. The molecule has 0 heterocycles. The van der Waals surface area contributed by atoms with E-state index in [1.54, 1.807) is 24.3 Å². The molecule has 0 aliphatic heterocycles. The molecule has 2 aromatic rings. The van der Waals surface area contributed by atoms with Gasteiger partial charge in [-0.25, -0.2) is 0 Å². The van der Waals surface area contributed by atoms with Crippen LogP contribution in [0.15, 0.2) is 48.5 Å². The first-order chi connectivity index (χ1) is 12.0. The third-order valence-electron chi connectivity index (χ3n) is 3.70. The van der Waals surface area contributed by atoms with Gasteiger partial charge in [-0.2, -0.15) is 0 Å². The number of carbonyl (C=O) groups excluding carboxylic acids is 2. The summed E-state index contributed by atoms with van der Waals surface area (Å²) in [7, 11) is 0. The molecule has 1 amide bonds. The maximum atomic E-state index is 11.8.